The number of nitrogens with zero attached hydrogens (tertiary/aromatic N) is 4. The van der Waals surface area contributed by atoms with Gasteiger partial charge in [0.05, 0.1) is 22.2 Å². The molecular weight excluding hydrogens is 816 g/mol. The predicted octanol–water partition coefficient (Wildman–Crippen LogP) is 13.0. The maximum atomic E-state index is 13.9. The van der Waals surface area contributed by atoms with E-state index in [0.29, 0.717) is 42.6 Å². The Labute approximate surface area is 331 Å². The topological polar surface area (TPSA) is 118 Å². The number of azo groups is 2. The van der Waals surface area contributed by atoms with Gasteiger partial charge in [-0.05, 0) is 125 Å². The maximum Gasteiger partial charge on any atom is 0.206 e. The molecule has 0 N–H and O–H groups in total. The van der Waals surface area contributed by atoms with Crippen LogP contribution in [0, 0.1) is 21.7 Å². The molecule has 0 radical (unpaired) electrons. The van der Waals surface area contributed by atoms with Gasteiger partial charge in [0.15, 0.2) is 11.6 Å². The summed E-state index contributed by atoms with van der Waals surface area (Å²) in [6.07, 6.45) is 10.5. The number of allylic oxidation sites excluding steroid dienone is 10. The number of hydrogen-bond acceptors (Lipinski definition) is 8. The van der Waals surface area contributed by atoms with Gasteiger partial charge in [0, 0.05) is 31.2 Å². The van der Waals surface area contributed by atoms with Crippen LogP contribution in [0.25, 0.3) is 0 Å². The third kappa shape index (κ3) is 9.91. The summed E-state index contributed by atoms with van der Waals surface area (Å²) in [7, 11) is -4.00. The van der Waals surface area contributed by atoms with Crippen LogP contribution in [0.1, 0.15) is 83.1 Å². The van der Waals surface area contributed by atoms with Crippen molar-refractivity contribution in [3.05, 3.63) is 115 Å². The second kappa shape index (κ2) is 15.2. The molecule has 0 aliphatic heterocycles. The summed E-state index contributed by atoms with van der Waals surface area (Å²) in [5, 5.41) is 17.3. The Bertz CT molecular complexity index is 2000. The highest BCUT2D eigenvalue weighted by Gasteiger charge is 2.35. The number of Topliss-reactive ketones (excluding diaryl/α,β-unsaturated/α-hetero) is 2. The minimum Gasteiger partial charge on any atom is -0.289 e. The Kier molecular flexibility index (Phi) is 12.1. The third-order valence-electron chi connectivity index (χ3n) is 8.65. The normalized spacial score (nSPS) is 16.6. The first-order valence-electron chi connectivity index (χ1n) is 17.3. The molecular formula is C42H48Br2N4O4S. The van der Waals surface area contributed by atoms with Crippen LogP contribution in [0.4, 0.5) is 11.4 Å². The van der Waals surface area contributed by atoms with E-state index in [4.69, 9.17) is 0 Å². The molecule has 53 heavy (non-hydrogen) atoms. The Balaban J connectivity index is 1.67. The molecule has 2 aliphatic rings. The summed E-state index contributed by atoms with van der Waals surface area (Å²) in [5.74, 6) is 0.0462. The summed E-state index contributed by atoms with van der Waals surface area (Å²) in [5.41, 5.74) is 3.37. The van der Waals surface area contributed by atoms with E-state index in [1.807, 2.05) is 107 Å². The number of halogens is 2. The van der Waals surface area contributed by atoms with Gasteiger partial charge in [-0.2, -0.15) is 10.2 Å². The Morgan fingerprint density at radius 2 is 0.792 bits per heavy atom. The number of ketones is 2. The molecule has 4 rings (SSSR count). The fourth-order valence-corrected chi connectivity index (χ4v) is 7.56. The van der Waals surface area contributed by atoms with Crippen LogP contribution in [-0.4, -0.2) is 20.0 Å². The molecule has 2 aromatic rings. The van der Waals surface area contributed by atoms with Gasteiger partial charge in [0.25, 0.3) is 0 Å². The van der Waals surface area contributed by atoms with Crippen molar-refractivity contribution in [1.29, 1.82) is 0 Å². The van der Waals surface area contributed by atoms with E-state index in [1.54, 1.807) is 24.5 Å². The van der Waals surface area contributed by atoms with Gasteiger partial charge in [-0.1, -0.05) is 83.1 Å². The van der Waals surface area contributed by atoms with E-state index in [2.05, 4.69) is 52.3 Å². The van der Waals surface area contributed by atoms with Gasteiger partial charge >= 0.3 is 0 Å². The largest absolute Gasteiger partial charge is 0.289 e. The minimum absolute atomic E-state index is 0.0225. The molecule has 0 unspecified atom stereocenters. The van der Waals surface area contributed by atoms with E-state index in [-0.39, 0.29) is 43.0 Å². The number of hydrogen-bond donors (Lipinski definition) is 0. The molecule has 2 aliphatic carbocycles. The second-order valence-electron chi connectivity index (χ2n) is 17.3. The molecule has 0 aromatic heterocycles. The highest BCUT2D eigenvalue weighted by Crippen LogP contribution is 2.41. The maximum absolute atomic E-state index is 13.9. The van der Waals surface area contributed by atoms with Gasteiger partial charge in [0.2, 0.25) is 9.84 Å². The zero-order valence-electron chi connectivity index (χ0n) is 32.5. The first-order chi connectivity index (χ1) is 24.2. The van der Waals surface area contributed by atoms with E-state index in [9.17, 15) is 18.0 Å². The summed E-state index contributed by atoms with van der Waals surface area (Å²) in [4.78, 5) is 26.6. The van der Waals surface area contributed by atoms with Crippen molar-refractivity contribution in [3.63, 3.8) is 0 Å². The highest BCUT2D eigenvalue weighted by molar-refractivity contribution is 9.11. The summed E-state index contributed by atoms with van der Waals surface area (Å²) >= 11 is 6.94. The summed E-state index contributed by atoms with van der Waals surface area (Å²) < 4.78 is 28.9. The molecule has 0 saturated heterocycles. The second-order valence-corrected chi connectivity index (χ2v) is 21.0. The van der Waals surface area contributed by atoms with Crippen LogP contribution in [0.5, 0.6) is 0 Å². The van der Waals surface area contributed by atoms with Crippen LogP contribution in [0.3, 0.4) is 0 Å². The molecule has 2 aromatic carbocycles. The Morgan fingerprint density at radius 3 is 1.06 bits per heavy atom. The average Bonchev–Trinajstić information content (AvgIpc) is 3.01. The van der Waals surface area contributed by atoms with E-state index >= 15 is 0 Å². The number of carbonyl (C=O) groups is 2. The molecule has 0 atom stereocenters. The molecule has 280 valence electrons. The van der Waals surface area contributed by atoms with Gasteiger partial charge in [-0.25, -0.2) is 8.42 Å². The molecule has 11 heteroatoms. The van der Waals surface area contributed by atoms with Crippen LogP contribution in [-0.2, 0) is 19.4 Å². The molecule has 0 bridgehead atoms. The van der Waals surface area contributed by atoms with Crippen molar-refractivity contribution in [2.75, 3.05) is 0 Å². The first kappa shape index (κ1) is 42.1. The van der Waals surface area contributed by atoms with Crippen LogP contribution in [0.2, 0.25) is 0 Å². The highest BCUT2D eigenvalue weighted by atomic mass is 79.9. The lowest BCUT2D eigenvalue weighted by molar-refractivity contribution is -0.114. The van der Waals surface area contributed by atoms with Gasteiger partial charge < -0.3 is 0 Å². The smallest absolute Gasteiger partial charge is 0.206 e. The fourth-order valence-electron chi connectivity index (χ4n) is 5.60. The summed E-state index contributed by atoms with van der Waals surface area (Å²) in [6.45, 7) is 24.0. The summed E-state index contributed by atoms with van der Waals surface area (Å²) in [6, 6.07) is 9.13. The van der Waals surface area contributed by atoms with Crippen molar-refractivity contribution < 1.29 is 18.0 Å². The van der Waals surface area contributed by atoms with Crippen LogP contribution in [0.15, 0.2) is 146 Å². The Hall–Kier alpha value is -3.67. The number of carbonyl (C=O) groups excluding carboxylic acids is 2. The number of rotatable bonds is 6. The number of benzene rings is 2. The van der Waals surface area contributed by atoms with E-state index < -0.39 is 9.84 Å². The fraction of sp³-hybridized carbons (Fsp3) is 0.381. The van der Waals surface area contributed by atoms with Gasteiger partial charge in [-0.3, -0.25) is 9.59 Å². The molecule has 0 heterocycles. The van der Waals surface area contributed by atoms with Crippen molar-refractivity contribution in [2.45, 2.75) is 92.9 Å². The van der Waals surface area contributed by atoms with Crippen LogP contribution < -0.4 is 0 Å². The van der Waals surface area contributed by atoms with Crippen molar-refractivity contribution in [2.24, 2.45) is 42.1 Å². The SMILES string of the molecule is CC(C)(C)C1=CC(=CN=Nc2cc(S(=O)(=O)c3ccc(Br)c(N=NC=C4C=C(C(C)(C)C)C(=O)C(C(C)(C)C)=C4)c3)ccc2Br)C=C(C(C)(C)C)C1=O. The molecule has 0 saturated carbocycles. The van der Waals surface area contributed by atoms with E-state index in [0.717, 1.165) is 11.1 Å². The number of sulfone groups is 1. The zero-order chi connectivity index (χ0) is 39.9. The third-order valence-corrected chi connectivity index (χ3v) is 11.7. The molecule has 0 spiro atoms. The lowest BCUT2D eigenvalue weighted by atomic mass is 9.72. The standard InChI is InChI=1S/C42H48Br2N4O4S/c1-39(2,3)29-17-25(18-30(37(29)49)40(4,5)6)23-45-47-35-21-27(13-15-33(35)43)53(51,52)28-14-16-34(44)36(22-28)48-46-24-26-19-31(41(7,8)9)38(50)32(20-26)42(10,11)12/h13-24H,1-12H3. The van der Waals surface area contributed by atoms with E-state index in [1.165, 1.54) is 24.3 Å². The molecule has 0 amide bonds. The van der Waals surface area contributed by atoms with Crippen molar-refractivity contribution in [3.8, 4) is 0 Å². The van der Waals surface area contributed by atoms with Crippen molar-refractivity contribution >= 4 is 64.6 Å². The molecule has 8 nitrogen and oxygen atoms in total. The lowest BCUT2D eigenvalue weighted by Crippen LogP contribution is -2.27. The van der Waals surface area contributed by atoms with Crippen molar-refractivity contribution in [1.82, 2.24) is 0 Å². The monoisotopic (exact) mass is 862 g/mol. The molecule has 0 fully saturated rings. The first-order valence-corrected chi connectivity index (χ1v) is 20.3. The Morgan fingerprint density at radius 1 is 0.509 bits per heavy atom. The lowest BCUT2D eigenvalue weighted by Gasteiger charge is -2.31. The average molecular weight is 865 g/mol. The predicted molar refractivity (Wildman–Crippen MR) is 219 cm³/mol. The minimum atomic E-state index is -4.00. The van der Waals surface area contributed by atoms with Crippen LogP contribution >= 0.6 is 31.9 Å². The van der Waals surface area contributed by atoms with Gasteiger partial charge in [0.1, 0.15) is 11.4 Å². The quantitative estimate of drug-likeness (QED) is 0.269. The van der Waals surface area contributed by atoms with Gasteiger partial charge in [-0.15, -0.1) is 10.2 Å². The zero-order valence-corrected chi connectivity index (χ0v) is 36.5.